The van der Waals surface area contributed by atoms with Gasteiger partial charge in [0.05, 0.1) is 17.5 Å². The lowest BCUT2D eigenvalue weighted by atomic mass is 10.3. The molecule has 0 bridgehead atoms. The van der Waals surface area contributed by atoms with E-state index in [-0.39, 0.29) is 17.0 Å². The molecule has 0 saturated carbocycles. The van der Waals surface area contributed by atoms with Crippen LogP contribution in [0.4, 0.5) is 0 Å². The lowest BCUT2D eigenvalue weighted by Crippen LogP contribution is -2.23. The standard InChI is InChI=1S/C12H14N4O3S/c17-20(18,9-11-7-4-8-19-11)12-13-14-15-16(12)10-5-2-1-3-6-10/h1-3,5-6,11H,4,7-9H2. The Morgan fingerprint density at radius 3 is 2.80 bits per heavy atom. The van der Waals surface area contributed by atoms with Crippen molar-refractivity contribution >= 4 is 9.84 Å². The molecule has 1 aliphatic heterocycles. The van der Waals surface area contributed by atoms with Gasteiger partial charge < -0.3 is 4.74 Å². The largest absolute Gasteiger partial charge is 0.377 e. The maximum Gasteiger partial charge on any atom is 0.272 e. The van der Waals surface area contributed by atoms with E-state index in [1.807, 2.05) is 6.07 Å². The molecule has 1 saturated heterocycles. The van der Waals surface area contributed by atoms with Gasteiger partial charge in [-0.3, -0.25) is 0 Å². The summed E-state index contributed by atoms with van der Waals surface area (Å²) in [6, 6.07) is 8.94. The van der Waals surface area contributed by atoms with Crippen LogP contribution in [0.25, 0.3) is 5.69 Å². The highest BCUT2D eigenvalue weighted by Gasteiger charge is 2.29. The minimum absolute atomic E-state index is 0.0831. The Morgan fingerprint density at radius 2 is 2.10 bits per heavy atom. The monoisotopic (exact) mass is 294 g/mol. The molecule has 1 aromatic carbocycles. The highest BCUT2D eigenvalue weighted by Crippen LogP contribution is 2.19. The highest BCUT2D eigenvalue weighted by atomic mass is 32.2. The van der Waals surface area contributed by atoms with Crippen LogP contribution in [0.1, 0.15) is 12.8 Å². The van der Waals surface area contributed by atoms with Gasteiger partial charge in [-0.05, 0) is 35.4 Å². The smallest absolute Gasteiger partial charge is 0.272 e. The van der Waals surface area contributed by atoms with Gasteiger partial charge in [0.2, 0.25) is 9.84 Å². The van der Waals surface area contributed by atoms with Gasteiger partial charge in [-0.1, -0.05) is 23.3 Å². The molecular weight excluding hydrogens is 280 g/mol. The van der Waals surface area contributed by atoms with Crippen LogP contribution in [0.5, 0.6) is 0 Å². The van der Waals surface area contributed by atoms with Crippen molar-refractivity contribution in [3.63, 3.8) is 0 Å². The molecule has 0 N–H and O–H groups in total. The second kappa shape index (κ2) is 5.29. The van der Waals surface area contributed by atoms with Crippen LogP contribution < -0.4 is 0 Å². The molecule has 1 unspecified atom stereocenters. The summed E-state index contributed by atoms with van der Waals surface area (Å²) in [6.07, 6.45) is 1.39. The number of hydrogen-bond acceptors (Lipinski definition) is 6. The van der Waals surface area contributed by atoms with Crippen LogP contribution in [0.2, 0.25) is 0 Å². The molecule has 1 fully saturated rings. The van der Waals surface area contributed by atoms with Gasteiger partial charge in [-0.15, -0.1) is 0 Å². The van der Waals surface area contributed by atoms with E-state index in [1.165, 1.54) is 4.68 Å². The van der Waals surface area contributed by atoms with Crippen molar-refractivity contribution in [3.8, 4) is 5.69 Å². The summed E-state index contributed by atoms with van der Waals surface area (Å²) >= 11 is 0. The molecule has 1 aliphatic rings. The van der Waals surface area contributed by atoms with Gasteiger partial charge in [0.1, 0.15) is 0 Å². The zero-order chi connectivity index (χ0) is 14.0. The van der Waals surface area contributed by atoms with Gasteiger partial charge in [0.15, 0.2) is 0 Å². The predicted octanol–water partition coefficient (Wildman–Crippen LogP) is 0.615. The molecule has 0 radical (unpaired) electrons. The first-order chi connectivity index (χ1) is 9.67. The van der Waals surface area contributed by atoms with Crippen molar-refractivity contribution in [2.75, 3.05) is 12.4 Å². The molecule has 2 heterocycles. The second-order valence-corrected chi connectivity index (χ2v) is 6.55. The molecule has 1 aromatic heterocycles. The van der Waals surface area contributed by atoms with Gasteiger partial charge >= 0.3 is 0 Å². The van der Waals surface area contributed by atoms with Gasteiger partial charge in [-0.2, -0.15) is 4.68 Å². The average molecular weight is 294 g/mol. The third kappa shape index (κ3) is 2.56. The summed E-state index contributed by atoms with van der Waals surface area (Å²) in [6.45, 7) is 0.615. The Hall–Kier alpha value is -1.80. The van der Waals surface area contributed by atoms with Crippen LogP contribution in [0.3, 0.4) is 0 Å². The number of para-hydroxylation sites is 1. The third-order valence-corrected chi connectivity index (χ3v) is 4.77. The van der Waals surface area contributed by atoms with Crippen molar-refractivity contribution in [1.29, 1.82) is 0 Å². The van der Waals surface area contributed by atoms with E-state index in [1.54, 1.807) is 24.3 Å². The van der Waals surface area contributed by atoms with Crippen LogP contribution in [0, 0.1) is 0 Å². The Bertz CT molecular complexity index is 678. The first-order valence-electron chi connectivity index (χ1n) is 6.35. The molecule has 1 atom stereocenters. The molecule has 2 aromatic rings. The first-order valence-corrected chi connectivity index (χ1v) is 8.00. The number of rotatable bonds is 4. The van der Waals surface area contributed by atoms with E-state index >= 15 is 0 Å². The van der Waals surface area contributed by atoms with Gasteiger partial charge in [-0.25, -0.2) is 8.42 Å². The topological polar surface area (TPSA) is 87.0 Å². The maximum atomic E-state index is 12.4. The van der Waals surface area contributed by atoms with Crippen molar-refractivity contribution in [3.05, 3.63) is 30.3 Å². The minimum atomic E-state index is -3.58. The molecule has 0 aliphatic carbocycles. The number of ether oxygens (including phenoxy) is 1. The van der Waals surface area contributed by atoms with E-state index in [0.29, 0.717) is 12.3 Å². The molecule has 8 heteroatoms. The van der Waals surface area contributed by atoms with Crippen molar-refractivity contribution < 1.29 is 13.2 Å². The van der Waals surface area contributed by atoms with E-state index in [4.69, 9.17) is 4.74 Å². The van der Waals surface area contributed by atoms with E-state index in [0.717, 1.165) is 12.8 Å². The predicted molar refractivity (Wildman–Crippen MR) is 70.2 cm³/mol. The number of nitrogens with zero attached hydrogens (tertiary/aromatic N) is 4. The van der Waals surface area contributed by atoms with Gasteiger partial charge in [0, 0.05) is 6.61 Å². The van der Waals surface area contributed by atoms with Crippen LogP contribution in [-0.4, -0.2) is 47.1 Å². The summed E-state index contributed by atoms with van der Waals surface area (Å²) < 4.78 is 31.4. The summed E-state index contributed by atoms with van der Waals surface area (Å²) in [7, 11) is -3.58. The average Bonchev–Trinajstić information content (AvgIpc) is 3.09. The summed E-state index contributed by atoms with van der Waals surface area (Å²) in [5.41, 5.74) is 0.614. The third-order valence-electron chi connectivity index (χ3n) is 3.15. The second-order valence-electron chi connectivity index (χ2n) is 4.63. The minimum Gasteiger partial charge on any atom is -0.377 e. The molecule has 0 amide bonds. The molecule has 0 spiro atoms. The van der Waals surface area contributed by atoms with Crippen LogP contribution in [0.15, 0.2) is 35.5 Å². The fraction of sp³-hybridized carbons (Fsp3) is 0.417. The SMILES string of the molecule is O=S(=O)(CC1CCCO1)c1nnnn1-c1ccccc1. The number of hydrogen-bond donors (Lipinski definition) is 0. The van der Waals surface area contributed by atoms with E-state index < -0.39 is 9.84 Å². The Balaban J connectivity index is 1.92. The van der Waals surface area contributed by atoms with E-state index in [2.05, 4.69) is 15.5 Å². The van der Waals surface area contributed by atoms with Crippen molar-refractivity contribution in [2.24, 2.45) is 0 Å². The zero-order valence-corrected chi connectivity index (χ0v) is 11.5. The number of aromatic nitrogens is 4. The summed E-state index contributed by atoms with van der Waals surface area (Å²) in [5, 5.41) is 10.8. The summed E-state index contributed by atoms with van der Waals surface area (Å²) in [4.78, 5) is 0. The molecular formula is C12H14N4O3S. The summed E-state index contributed by atoms with van der Waals surface area (Å²) in [5.74, 6) is -0.0831. The normalized spacial score (nSPS) is 19.3. The highest BCUT2D eigenvalue weighted by molar-refractivity contribution is 7.91. The lowest BCUT2D eigenvalue weighted by molar-refractivity contribution is 0.127. The number of sulfone groups is 1. The van der Waals surface area contributed by atoms with Crippen molar-refractivity contribution in [1.82, 2.24) is 20.2 Å². The maximum absolute atomic E-state index is 12.4. The van der Waals surface area contributed by atoms with Crippen molar-refractivity contribution in [2.45, 2.75) is 24.1 Å². The first kappa shape index (κ1) is 13.2. The molecule has 7 nitrogen and oxygen atoms in total. The zero-order valence-electron chi connectivity index (χ0n) is 10.7. The van der Waals surface area contributed by atoms with Gasteiger partial charge in [0.25, 0.3) is 5.16 Å². The fourth-order valence-corrected chi connectivity index (χ4v) is 3.67. The Labute approximate surface area is 116 Å². The number of tetrazole rings is 1. The number of benzene rings is 1. The Morgan fingerprint density at radius 1 is 1.30 bits per heavy atom. The quantitative estimate of drug-likeness (QED) is 0.821. The molecule has 20 heavy (non-hydrogen) atoms. The van der Waals surface area contributed by atoms with Crippen LogP contribution in [-0.2, 0) is 14.6 Å². The molecule has 3 rings (SSSR count). The van der Waals surface area contributed by atoms with Crippen LogP contribution >= 0.6 is 0 Å². The Kier molecular flexibility index (Phi) is 3.49. The lowest BCUT2D eigenvalue weighted by Gasteiger charge is -2.09. The molecule has 106 valence electrons. The van der Waals surface area contributed by atoms with E-state index in [9.17, 15) is 8.42 Å². The fourth-order valence-electron chi connectivity index (χ4n) is 2.20.